The zero-order valence-electron chi connectivity index (χ0n) is 14.6. The zero-order chi connectivity index (χ0) is 15.4. The van der Waals surface area contributed by atoms with E-state index >= 15 is 0 Å². The summed E-state index contributed by atoms with van der Waals surface area (Å²) in [7, 11) is 0. The molecule has 2 aliphatic carbocycles. The largest absolute Gasteiger partial charge is 0.301 e. The summed E-state index contributed by atoms with van der Waals surface area (Å²) in [4.78, 5) is 2.67. The van der Waals surface area contributed by atoms with Gasteiger partial charge in [-0.1, -0.05) is 57.7 Å². The third-order valence-electron chi connectivity index (χ3n) is 6.12. The average Bonchev–Trinajstić information content (AvgIpc) is 2.84. The molecular formula is C21H33N. The van der Waals surface area contributed by atoms with Crippen LogP contribution in [0.25, 0.3) is 0 Å². The van der Waals surface area contributed by atoms with Crippen LogP contribution in [-0.4, -0.2) is 24.0 Å². The molecule has 0 aromatic heterocycles. The van der Waals surface area contributed by atoms with Crippen molar-refractivity contribution >= 4 is 0 Å². The van der Waals surface area contributed by atoms with E-state index in [2.05, 4.69) is 36.9 Å². The van der Waals surface area contributed by atoms with E-state index in [-0.39, 0.29) is 0 Å². The molecule has 0 heterocycles. The van der Waals surface area contributed by atoms with Crippen LogP contribution in [0.15, 0.2) is 18.2 Å². The molecule has 2 aliphatic rings. The maximum Gasteiger partial charge on any atom is 0.0139 e. The highest BCUT2D eigenvalue weighted by atomic mass is 15.1. The summed E-state index contributed by atoms with van der Waals surface area (Å²) in [6.07, 6.45) is 12.6. The first-order valence-electron chi connectivity index (χ1n) is 9.68. The van der Waals surface area contributed by atoms with Gasteiger partial charge in [0.05, 0.1) is 0 Å². The fourth-order valence-electron chi connectivity index (χ4n) is 4.82. The van der Waals surface area contributed by atoms with Crippen LogP contribution in [0.5, 0.6) is 0 Å². The Hall–Kier alpha value is -0.820. The fraction of sp³-hybridized carbons (Fsp3) is 0.714. The molecule has 0 aliphatic heterocycles. The third-order valence-corrected chi connectivity index (χ3v) is 6.12. The summed E-state index contributed by atoms with van der Waals surface area (Å²) in [6, 6.07) is 7.96. The first-order chi connectivity index (χ1) is 10.8. The molecule has 0 N–H and O–H groups in total. The topological polar surface area (TPSA) is 3.24 Å². The van der Waals surface area contributed by atoms with E-state index in [1.165, 1.54) is 70.9 Å². The zero-order valence-corrected chi connectivity index (χ0v) is 14.6. The van der Waals surface area contributed by atoms with Gasteiger partial charge in [0.2, 0.25) is 0 Å². The lowest BCUT2D eigenvalue weighted by molar-refractivity contribution is 0.198. The second-order valence-corrected chi connectivity index (χ2v) is 7.29. The number of aryl methyl sites for hydroxylation is 1. The Morgan fingerprint density at radius 1 is 0.955 bits per heavy atom. The van der Waals surface area contributed by atoms with Crippen LogP contribution in [0, 0.1) is 0 Å². The van der Waals surface area contributed by atoms with E-state index in [0.717, 1.165) is 12.0 Å². The molecule has 0 spiro atoms. The van der Waals surface area contributed by atoms with Gasteiger partial charge in [0.1, 0.15) is 0 Å². The van der Waals surface area contributed by atoms with E-state index < -0.39 is 0 Å². The molecule has 122 valence electrons. The van der Waals surface area contributed by atoms with Gasteiger partial charge in [0.15, 0.2) is 0 Å². The first kappa shape index (κ1) is 16.1. The minimum Gasteiger partial charge on any atom is -0.301 e. The highest BCUT2D eigenvalue weighted by molar-refractivity contribution is 5.40. The third kappa shape index (κ3) is 3.40. The van der Waals surface area contributed by atoms with Crippen LogP contribution in [0.1, 0.15) is 81.4 Å². The minimum atomic E-state index is 0.773. The van der Waals surface area contributed by atoms with E-state index in [9.17, 15) is 0 Å². The fourth-order valence-corrected chi connectivity index (χ4v) is 4.82. The van der Waals surface area contributed by atoms with E-state index in [1.54, 1.807) is 16.7 Å². The molecule has 0 bridgehead atoms. The average molecular weight is 300 g/mol. The summed E-state index contributed by atoms with van der Waals surface area (Å²) < 4.78 is 0. The number of nitrogens with zero attached hydrogens (tertiary/aromatic N) is 1. The molecule has 1 nitrogen and oxygen atoms in total. The van der Waals surface area contributed by atoms with Gasteiger partial charge in [-0.05, 0) is 67.8 Å². The Balaban J connectivity index is 1.84. The summed E-state index contributed by atoms with van der Waals surface area (Å²) in [6.45, 7) is 7.02. The van der Waals surface area contributed by atoms with Crippen molar-refractivity contribution in [3.8, 4) is 0 Å². The van der Waals surface area contributed by atoms with Crippen LogP contribution in [0.3, 0.4) is 0 Å². The first-order valence-corrected chi connectivity index (χ1v) is 9.68. The monoisotopic (exact) mass is 299 g/mol. The molecule has 1 aromatic rings. The number of likely N-dealkylation sites (N-methyl/N-ethyl adjacent to an activating group) is 1. The van der Waals surface area contributed by atoms with Gasteiger partial charge in [0, 0.05) is 6.04 Å². The molecule has 1 fully saturated rings. The molecule has 0 saturated heterocycles. The molecule has 1 atom stereocenters. The van der Waals surface area contributed by atoms with Crippen molar-refractivity contribution in [1.29, 1.82) is 0 Å². The summed E-state index contributed by atoms with van der Waals surface area (Å²) in [5.41, 5.74) is 5.11. The summed E-state index contributed by atoms with van der Waals surface area (Å²) >= 11 is 0. The van der Waals surface area contributed by atoms with Crippen molar-refractivity contribution in [2.75, 3.05) is 13.1 Å². The van der Waals surface area contributed by atoms with Crippen molar-refractivity contribution in [3.63, 3.8) is 0 Å². The Labute approximate surface area is 137 Å². The number of benzene rings is 1. The molecule has 1 saturated carbocycles. The van der Waals surface area contributed by atoms with Crippen LogP contribution in [0.2, 0.25) is 0 Å². The van der Waals surface area contributed by atoms with Gasteiger partial charge >= 0.3 is 0 Å². The van der Waals surface area contributed by atoms with Crippen molar-refractivity contribution in [1.82, 2.24) is 4.90 Å². The molecular weight excluding hydrogens is 266 g/mol. The normalized spacial score (nSPS) is 23.3. The second kappa shape index (κ2) is 7.64. The predicted octanol–water partition coefficient (Wildman–Crippen LogP) is 5.32. The Kier molecular flexibility index (Phi) is 5.57. The molecule has 0 radical (unpaired) electrons. The van der Waals surface area contributed by atoms with E-state index in [4.69, 9.17) is 0 Å². The SMILES string of the molecule is CCN(CC)C1CCc2cccc(C3CCCCCC3)c2C1. The van der Waals surface area contributed by atoms with Gasteiger partial charge in [0.25, 0.3) is 0 Å². The number of rotatable bonds is 4. The smallest absolute Gasteiger partial charge is 0.0139 e. The van der Waals surface area contributed by atoms with Crippen molar-refractivity contribution < 1.29 is 0 Å². The highest BCUT2D eigenvalue weighted by Crippen LogP contribution is 2.37. The van der Waals surface area contributed by atoms with Crippen LogP contribution in [-0.2, 0) is 12.8 Å². The highest BCUT2D eigenvalue weighted by Gasteiger charge is 2.26. The molecule has 1 unspecified atom stereocenters. The van der Waals surface area contributed by atoms with Gasteiger partial charge < -0.3 is 4.90 Å². The molecule has 1 heteroatoms. The minimum absolute atomic E-state index is 0.773. The predicted molar refractivity (Wildman–Crippen MR) is 95.6 cm³/mol. The lowest BCUT2D eigenvalue weighted by atomic mass is 9.79. The van der Waals surface area contributed by atoms with Crippen molar-refractivity contribution in [2.45, 2.75) is 83.6 Å². The van der Waals surface area contributed by atoms with Gasteiger partial charge in [-0.2, -0.15) is 0 Å². The van der Waals surface area contributed by atoms with Crippen LogP contribution < -0.4 is 0 Å². The maximum atomic E-state index is 2.67. The standard InChI is InChI=1S/C21H33N/c1-3-22(4-2)19-15-14-18-12-9-13-20(21(18)16-19)17-10-7-5-6-8-11-17/h9,12-13,17,19H,3-8,10-11,14-16H2,1-2H3. The Morgan fingerprint density at radius 2 is 1.68 bits per heavy atom. The van der Waals surface area contributed by atoms with E-state index in [1.807, 2.05) is 0 Å². The maximum absolute atomic E-state index is 2.67. The number of hydrogen-bond acceptors (Lipinski definition) is 1. The lowest BCUT2D eigenvalue weighted by Crippen LogP contribution is -2.39. The molecule has 22 heavy (non-hydrogen) atoms. The van der Waals surface area contributed by atoms with Gasteiger partial charge in [-0.15, -0.1) is 0 Å². The van der Waals surface area contributed by atoms with Crippen molar-refractivity contribution in [2.24, 2.45) is 0 Å². The Morgan fingerprint density at radius 3 is 2.36 bits per heavy atom. The van der Waals surface area contributed by atoms with Crippen molar-refractivity contribution in [3.05, 3.63) is 34.9 Å². The lowest BCUT2D eigenvalue weighted by Gasteiger charge is -2.35. The second-order valence-electron chi connectivity index (χ2n) is 7.29. The molecule has 0 amide bonds. The van der Waals surface area contributed by atoms with Gasteiger partial charge in [-0.25, -0.2) is 0 Å². The van der Waals surface area contributed by atoms with Crippen LogP contribution in [0.4, 0.5) is 0 Å². The van der Waals surface area contributed by atoms with Crippen LogP contribution >= 0.6 is 0 Å². The quantitative estimate of drug-likeness (QED) is 0.680. The molecule has 1 aromatic carbocycles. The number of fused-ring (bicyclic) bond motifs is 1. The summed E-state index contributed by atoms with van der Waals surface area (Å²) in [5, 5.41) is 0. The van der Waals surface area contributed by atoms with Gasteiger partial charge in [-0.3, -0.25) is 0 Å². The number of hydrogen-bond donors (Lipinski definition) is 0. The van der Waals surface area contributed by atoms with E-state index in [0.29, 0.717) is 0 Å². The summed E-state index contributed by atoms with van der Waals surface area (Å²) in [5.74, 6) is 0.841. The Bertz CT molecular complexity index is 467. The molecule has 3 rings (SSSR count).